The van der Waals surface area contributed by atoms with E-state index < -0.39 is 0 Å². The van der Waals surface area contributed by atoms with E-state index in [2.05, 4.69) is 38.7 Å². The van der Waals surface area contributed by atoms with Crippen LogP contribution in [-0.4, -0.2) is 25.0 Å². The van der Waals surface area contributed by atoms with Crippen molar-refractivity contribution in [3.05, 3.63) is 34.3 Å². The van der Waals surface area contributed by atoms with Gasteiger partial charge in [-0.3, -0.25) is 4.79 Å². The maximum atomic E-state index is 11.8. The summed E-state index contributed by atoms with van der Waals surface area (Å²) in [6.07, 6.45) is 3.48. The topological polar surface area (TPSA) is 41.1 Å². The summed E-state index contributed by atoms with van der Waals surface area (Å²) < 4.78 is 1.07. The molecule has 1 fully saturated rings. The summed E-state index contributed by atoms with van der Waals surface area (Å²) in [6.45, 7) is 2.02. The van der Waals surface area contributed by atoms with Crippen LogP contribution >= 0.6 is 15.9 Å². The third-order valence-corrected chi connectivity index (χ3v) is 3.79. The van der Waals surface area contributed by atoms with Crippen LogP contribution in [0.2, 0.25) is 0 Å². The minimum absolute atomic E-state index is 0.171. The average molecular weight is 311 g/mol. The predicted molar refractivity (Wildman–Crippen MR) is 76.5 cm³/mol. The minimum atomic E-state index is 0.171. The molecule has 0 spiro atoms. The lowest BCUT2D eigenvalue weighted by Gasteiger charge is -2.23. The summed E-state index contributed by atoms with van der Waals surface area (Å²) in [4.78, 5) is 11.8. The van der Waals surface area contributed by atoms with E-state index in [4.69, 9.17) is 0 Å². The maximum absolute atomic E-state index is 11.8. The number of benzene rings is 1. The van der Waals surface area contributed by atoms with Gasteiger partial charge in [0.25, 0.3) is 0 Å². The van der Waals surface area contributed by atoms with Gasteiger partial charge in [0, 0.05) is 16.9 Å². The van der Waals surface area contributed by atoms with Gasteiger partial charge >= 0.3 is 0 Å². The van der Waals surface area contributed by atoms with E-state index in [1.165, 1.54) is 5.56 Å². The lowest BCUT2D eigenvalue weighted by molar-refractivity contribution is -0.121. The Morgan fingerprint density at radius 1 is 1.28 bits per heavy atom. The number of piperidine rings is 1. The van der Waals surface area contributed by atoms with Crippen molar-refractivity contribution in [1.82, 2.24) is 10.6 Å². The van der Waals surface area contributed by atoms with Gasteiger partial charge in [0.1, 0.15) is 0 Å². The first-order valence-electron chi connectivity index (χ1n) is 6.48. The second-order valence-corrected chi connectivity index (χ2v) is 5.63. The molecule has 4 heteroatoms. The predicted octanol–water partition coefficient (Wildman–Crippen LogP) is 2.25. The van der Waals surface area contributed by atoms with Gasteiger partial charge in [-0.15, -0.1) is 0 Å². The van der Waals surface area contributed by atoms with Gasteiger partial charge in [-0.1, -0.05) is 28.1 Å². The monoisotopic (exact) mass is 310 g/mol. The number of rotatable bonds is 4. The molecule has 98 valence electrons. The van der Waals surface area contributed by atoms with Crippen molar-refractivity contribution >= 4 is 21.8 Å². The number of amides is 1. The molecular weight excluding hydrogens is 292 g/mol. The standard InChI is InChI=1S/C14H19BrN2O/c15-12-4-1-11(2-5-12)3-6-14(18)17-13-7-9-16-10-8-13/h1-2,4-5,13,16H,3,6-10H2,(H,17,18). The highest BCUT2D eigenvalue weighted by molar-refractivity contribution is 9.10. The molecule has 0 radical (unpaired) electrons. The first-order chi connectivity index (χ1) is 8.74. The van der Waals surface area contributed by atoms with Crippen LogP contribution in [0.3, 0.4) is 0 Å². The molecule has 0 aromatic heterocycles. The fourth-order valence-corrected chi connectivity index (χ4v) is 2.44. The van der Waals surface area contributed by atoms with Crippen molar-refractivity contribution in [1.29, 1.82) is 0 Å². The zero-order valence-corrected chi connectivity index (χ0v) is 12.0. The Morgan fingerprint density at radius 3 is 2.61 bits per heavy atom. The van der Waals surface area contributed by atoms with Crippen LogP contribution in [0.1, 0.15) is 24.8 Å². The largest absolute Gasteiger partial charge is 0.353 e. The van der Waals surface area contributed by atoms with Gasteiger partial charge in [-0.2, -0.15) is 0 Å². The van der Waals surface area contributed by atoms with Crippen molar-refractivity contribution in [2.75, 3.05) is 13.1 Å². The van der Waals surface area contributed by atoms with E-state index in [0.29, 0.717) is 12.5 Å². The molecule has 1 aliphatic rings. The summed E-state index contributed by atoms with van der Waals surface area (Å²) in [6, 6.07) is 8.51. The molecule has 1 aliphatic heterocycles. The van der Waals surface area contributed by atoms with Gasteiger partial charge in [0.05, 0.1) is 0 Å². The first-order valence-corrected chi connectivity index (χ1v) is 7.28. The molecule has 3 nitrogen and oxygen atoms in total. The summed E-state index contributed by atoms with van der Waals surface area (Å²) in [5.74, 6) is 0.171. The molecule has 1 aromatic rings. The summed E-state index contributed by atoms with van der Waals surface area (Å²) in [7, 11) is 0. The number of aryl methyl sites for hydroxylation is 1. The highest BCUT2D eigenvalue weighted by atomic mass is 79.9. The molecule has 0 aliphatic carbocycles. The van der Waals surface area contributed by atoms with Gasteiger partial charge in [-0.05, 0) is 50.0 Å². The molecule has 0 atom stereocenters. The fourth-order valence-electron chi connectivity index (χ4n) is 2.18. The van der Waals surface area contributed by atoms with Crippen LogP contribution in [0.15, 0.2) is 28.7 Å². The molecule has 0 saturated carbocycles. The first kappa shape index (κ1) is 13.6. The smallest absolute Gasteiger partial charge is 0.220 e. The van der Waals surface area contributed by atoms with E-state index in [9.17, 15) is 4.79 Å². The summed E-state index contributed by atoms with van der Waals surface area (Å²) in [5.41, 5.74) is 1.21. The second kappa shape index (κ2) is 6.90. The quantitative estimate of drug-likeness (QED) is 0.895. The molecule has 0 unspecified atom stereocenters. The van der Waals surface area contributed by atoms with E-state index in [-0.39, 0.29) is 5.91 Å². The number of hydrogen-bond acceptors (Lipinski definition) is 2. The van der Waals surface area contributed by atoms with E-state index in [0.717, 1.165) is 36.8 Å². The van der Waals surface area contributed by atoms with Crippen LogP contribution in [0.4, 0.5) is 0 Å². The van der Waals surface area contributed by atoms with Crippen molar-refractivity contribution in [2.45, 2.75) is 31.7 Å². The molecule has 18 heavy (non-hydrogen) atoms. The molecule has 1 saturated heterocycles. The van der Waals surface area contributed by atoms with E-state index >= 15 is 0 Å². The van der Waals surface area contributed by atoms with E-state index in [1.807, 2.05) is 12.1 Å². The molecule has 0 bridgehead atoms. The third-order valence-electron chi connectivity index (χ3n) is 3.26. The van der Waals surface area contributed by atoms with E-state index in [1.54, 1.807) is 0 Å². The Kier molecular flexibility index (Phi) is 5.20. The Morgan fingerprint density at radius 2 is 1.94 bits per heavy atom. The summed E-state index contributed by atoms with van der Waals surface area (Å²) >= 11 is 3.41. The zero-order chi connectivity index (χ0) is 12.8. The zero-order valence-electron chi connectivity index (χ0n) is 10.4. The van der Waals surface area contributed by atoms with Crippen LogP contribution in [0.25, 0.3) is 0 Å². The number of halogens is 1. The van der Waals surface area contributed by atoms with Crippen LogP contribution in [0.5, 0.6) is 0 Å². The molecular formula is C14H19BrN2O. The minimum Gasteiger partial charge on any atom is -0.353 e. The van der Waals surface area contributed by atoms with Crippen molar-refractivity contribution in [3.63, 3.8) is 0 Å². The number of nitrogens with one attached hydrogen (secondary N) is 2. The Hall–Kier alpha value is -0.870. The van der Waals surface area contributed by atoms with Crippen molar-refractivity contribution in [3.8, 4) is 0 Å². The van der Waals surface area contributed by atoms with Crippen molar-refractivity contribution < 1.29 is 4.79 Å². The van der Waals surface area contributed by atoms with Gasteiger partial charge in [0.15, 0.2) is 0 Å². The Bertz CT molecular complexity index is 385. The second-order valence-electron chi connectivity index (χ2n) is 4.72. The Labute approximate surface area is 116 Å². The highest BCUT2D eigenvalue weighted by Gasteiger charge is 2.14. The maximum Gasteiger partial charge on any atom is 0.220 e. The normalized spacial score (nSPS) is 16.5. The Balaban J connectivity index is 1.72. The number of carbonyl (C=O) groups excluding carboxylic acids is 1. The van der Waals surface area contributed by atoms with Gasteiger partial charge < -0.3 is 10.6 Å². The SMILES string of the molecule is O=C(CCc1ccc(Br)cc1)NC1CCNCC1. The highest BCUT2D eigenvalue weighted by Crippen LogP contribution is 2.12. The third kappa shape index (κ3) is 4.42. The van der Waals surface area contributed by atoms with Crippen molar-refractivity contribution in [2.24, 2.45) is 0 Å². The fraction of sp³-hybridized carbons (Fsp3) is 0.500. The summed E-state index contributed by atoms with van der Waals surface area (Å²) in [5, 5.41) is 6.41. The number of hydrogen-bond donors (Lipinski definition) is 2. The number of carbonyl (C=O) groups is 1. The molecule has 1 aromatic carbocycles. The molecule has 2 N–H and O–H groups in total. The lowest BCUT2D eigenvalue weighted by Crippen LogP contribution is -2.42. The van der Waals surface area contributed by atoms with Gasteiger partial charge in [0.2, 0.25) is 5.91 Å². The van der Waals surface area contributed by atoms with Crippen LogP contribution in [-0.2, 0) is 11.2 Å². The molecule has 2 rings (SSSR count). The average Bonchev–Trinajstić information content (AvgIpc) is 2.39. The molecule has 1 heterocycles. The van der Waals surface area contributed by atoms with Crippen LogP contribution < -0.4 is 10.6 Å². The van der Waals surface area contributed by atoms with Gasteiger partial charge in [-0.25, -0.2) is 0 Å². The van der Waals surface area contributed by atoms with Crippen LogP contribution in [0, 0.1) is 0 Å². The lowest BCUT2D eigenvalue weighted by atomic mass is 10.1. The molecule has 1 amide bonds.